The van der Waals surface area contributed by atoms with Gasteiger partial charge in [-0.2, -0.15) is 0 Å². The summed E-state index contributed by atoms with van der Waals surface area (Å²) in [5, 5.41) is 0. The summed E-state index contributed by atoms with van der Waals surface area (Å²) < 4.78 is 5.15. The quantitative estimate of drug-likeness (QED) is 0.711. The normalized spacial score (nSPS) is 24.8. The minimum atomic E-state index is 0. The summed E-state index contributed by atoms with van der Waals surface area (Å²) in [5.74, 6) is 0. The summed E-state index contributed by atoms with van der Waals surface area (Å²) in [6.07, 6.45) is 0. The van der Waals surface area contributed by atoms with E-state index in [0.29, 0.717) is 5.41 Å². The first-order valence-electron chi connectivity index (χ1n) is 3.85. The van der Waals surface area contributed by atoms with E-state index in [-0.39, 0.29) is 24.8 Å². The fourth-order valence-corrected chi connectivity index (χ4v) is 1.82. The number of nitrogens with two attached hydrogens (primary N) is 1. The van der Waals surface area contributed by atoms with Crippen LogP contribution in [0.3, 0.4) is 0 Å². The monoisotopic (exact) mass is 214 g/mol. The molecule has 2 saturated heterocycles. The molecule has 0 aromatic heterocycles. The lowest BCUT2D eigenvalue weighted by Crippen LogP contribution is -2.66. The van der Waals surface area contributed by atoms with Gasteiger partial charge in [-0.25, -0.2) is 0 Å². The summed E-state index contributed by atoms with van der Waals surface area (Å²) in [6, 6.07) is 0. The van der Waals surface area contributed by atoms with Crippen LogP contribution in [0.4, 0.5) is 0 Å². The highest BCUT2D eigenvalue weighted by Gasteiger charge is 2.48. The second-order valence-electron chi connectivity index (χ2n) is 3.49. The number of hydrogen-bond acceptors (Lipinski definition) is 3. The molecule has 2 aliphatic heterocycles. The summed E-state index contributed by atoms with van der Waals surface area (Å²) in [6.45, 7) is 6.23. The SMILES string of the molecule is Cl.Cl.NCCN1CC2(COC2)C1. The number of rotatable bonds is 2. The predicted molar refractivity (Wildman–Crippen MR) is 53.2 cm³/mol. The summed E-state index contributed by atoms with van der Waals surface area (Å²) in [7, 11) is 0. The lowest BCUT2D eigenvalue weighted by atomic mass is 9.78. The van der Waals surface area contributed by atoms with Crippen LogP contribution in [0.25, 0.3) is 0 Å². The van der Waals surface area contributed by atoms with Gasteiger partial charge in [0, 0.05) is 31.6 Å². The van der Waals surface area contributed by atoms with Gasteiger partial charge in [-0.15, -0.1) is 24.8 Å². The van der Waals surface area contributed by atoms with Crippen molar-refractivity contribution >= 4 is 24.8 Å². The van der Waals surface area contributed by atoms with Crippen molar-refractivity contribution in [3.63, 3.8) is 0 Å². The lowest BCUT2D eigenvalue weighted by Gasteiger charge is -2.55. The highest BCUT2D eigenvalue weighted by molar-refractivity contribution is 5.85. The third-order valence-corrected chi connectivity index (χ3v) is 2.38. The van der Waals surface area contributed by atoms with E-state index in [9.17, 15) is 0 Å². The molecule has 0 aliphatic carbocycles. The first-order chi connectivity index (χ1) is 4.85. The van der Waals surface area contributed by atoms with Gasteiger partial charge in [0.1, 0.15) is 0 Å². The Morgan fingerprint density at radius 2 is 1.83 bits per heavy atom. The van der Waals surface area contributed by atoms with Gasteiger partial charge in [0.15, 0.2) is 0 Å². The summed E-state index contributed by atoms with van der Waals surface area (Å²) in [5.41, 5.74) is 5.98. The zero-order chi connectivity index (χ0) is 7.03. The van der Waals surface area contributed by atoms with Crippen LogP contribution in [0.2, 0.25) is 0 Å². The second kappa shape index (κ2) is 4.63. The third-order valence-electron chi connectivity index (χ3n) is 2.38. The van der Waals surface area contributed by atoms with Crippen molar-refractivity contribution in [2.75, 3.05) is 39.4 Å². The average molecular weight is 215 g/mol. The van der Waals surface area contributed by atoms with Gasteiger partial charge in [0.2, 0.25) is 0 Å². The van der Waals surface area contributed by atoms with Gasteiger partial charge in [0.25, 0.3) is 0 Å². The van der Waals surface area contributed by atoms with Crippen LogP contribution in [0.5, 0.6) is 0 Å². The van der Waals surface area contributed by atoms with E-state index < -0.39 is 0 Å². The second-order valence-corrected chi connectivity index (χ2v) is 3.49. The topological polar surface area (TPSA) is 38.5 Å². The molecule has 3 nitrogen and oxygen atoms in total. The molecule has 0 saturated carbocycles. The Labute approximate surface area is 85.4 Å². The van der Waals surface area contributed by atoms with E-state index in [1.807, 2.05) is 0 Å². The van der Waals surface area contributed by atoms with Gasteiger partial charge in [-0.3, -0.25) is 0 Å². The molecule has 12 heavy (non-hydrogen) atoms. The molecule has 2 aliphatic rings. The first-order valence-corrected chi connectivity index (χ1v) is 3.85. The Morgan fingerprint density at radius 1 is 1.25 bits per heavy atom. The molecular weight excluding hydrogens is 199 g/mol. The number of likely N-dealkylation sites (tertiary alicyclic amines) is 1. The Hall–Kier alpha value is 0.460. The van der Waals surface area contributed by atoms with E-state index in [4.69, 9.17) is 10.5 Å². The van der Waals surface area contributed by atoms with Gasteiger partial charge in [0.05, 0.1) is 13.2 Å². The van der Waals surface area contributed by atoms with Crippen molar-refractivity contribution in [2.45, 2.75) is 0 Å². The van der Waals surface area contributed by atoms with Crippen molar-refractivity contribution in [1.82, 2.24) is 4.90 Å². The zero-order valence-electron chi connectivity index (χ0n) is 6.99. The molecule has 2 rings (SSSR count). The molecule has 0 atom stereocenters. The number of hydrogen-bond donors (Lipinski definition) is 1. The van der Waals surface area contributed by atoms with Crippen molar-refractivity contribution in [3.05, 3.63) is 0 Å². The van der Waals surface area contributed by atoms with Gasteiger partial charge in [-0.1, -0.05) is 0 Å². The molecule has 0 radical (unpaired) electrons. The highest BCUT2D eigenvalue weighted by Crippen LogP contribution is 2.36. The van der Waals surface area contributed by atoms with E-state index in [1.165, 1.54) is 13.1 Å². The van der Waals surface area contributed by atoms with E-state index in [0.717, 1.165) is 26.3 Å². The van der Waals surface area contributed by atoms with Crippen LogP contribution < -0.4 is 5.73 Å². The zero-order valence-corrected chi connectivity index (χ0v) is 8.62. The minimum Gasteiger partial charge on any atom is -0.380 e. The van der Waals surface area contributed by atoms with Crippen LogP contribution in [-0.4, -0.2) is 44.3 Å². The highest BCUT2D eigenvalue weighted by atomic mass is 35.5. The molecule has 0 bridgehead atoms. The van der Waals surface area contributed by atoms with Gasteiger partial charge >= 0.3 is 0 Å². The van der Waals surface area contributed by atoms with Gasteiger partial charge in [-0.05, 0) is 0 Å². The van der Waals surface area contributed by atoms with Crippen LogP contribution in [-0.2, 0) is 4.74 Å². The maximum atomic E-state index is 5.41. The smallest absolute Gasteiger partial charge is 0.0569 e. The molecule has 2 N–H and O–H groups in total. The molecule has 0 aromatic carbocycles. The Balaban J connectivity index is 0.000000605. The van der Waals surface area contributed by atoms with Crippen LogP contribution >= 0.6 is 24.8 Å². The standard InChI is InChI=1S/C7H14N2O.2ClH/c8-1-2-9-3-7(4-9)5-10-6-7;;/h1-6,8H2;2*1H. The molecule has 74 valence electrons. The van der Waals surface area contributed by atoms with Crippen LogP contribution in [0.15, 0.2) is 0 Å². The molecule has 5 heteroatoms. The Kier molecular flexibility index (Phi) is 4.81. The molecule has 0 amide bonds. The fraction of sp³-hybridized carbons (Fsp3) is 1.00. The van der Waals surface area contributed by atoms with Crippen molar-refractivity contribution < 1.29 is 4.74 Å². The fourth-order valence-electron chi connectivity index (χ4n) is 1.82. The average Bonchev–Trinajstić information content (AvgIpc) is 1.72. The number of halogens is 2. The molecule has 0 aromatic rings. The molecule has 0 unspecified atom stereocenters. The Bertz CT molecular complexity index is 133. The van der Waals surface area contributed by atoms with E-state index >= 15 is 0 Å². The van der Waals surface area contributed by atoms with Gasteiger partial charge < -0.3 is 15.4 Å². The first kappa shape index (κ1) is 12.5. The third kappa shape index (κ3) is 2.03. The Morgan fingerprint density at radius 3 is 2.17 bits per heavy atom. The van der Waals surface area contributed by atoms with E-state index in [2.05, 4.69) is 4.90 Å². The van der Waals surface area contributed by atoms with Crippen molar-refractivity contribution in [2.24, 2.45) is 11.1 Å². The van der Waals surface area contributed by atoms with Crippen LogP contribution in [0.1, 0.15) is 0 Å². The maximum absolute atomic E-state index is 5.41. The summed E-state index contributed by atoms with van der Waals surface area (Å²) in [4.78, 5) is 2.39. The number of nitrogens with zero attached hydrogens (tertiary/aromatic N) is 1. The lowest BCUT2D eigenvalue weighted by molar-refractivity contribution is -0.187. The van der Waals surface area contributed by atoms with E-state index in [1.54, 1.807) is 0 Å². The predicted octanol–water partition coefficient (Wildman–Crippen LogP) is 0.121. The molecular formula is C7H16Cl2N2O. The van der Waals surface area contributed by atoms with Crippen LogP contribution in [0, 0.1) is 5.41 Å². The summed E-state index contributed by atoms with van der Waals surface area (Å²) >= 11 is 0. The largest absolute Gasteiger partial charge is 0.380 e. The molecule has 2 fully saturated rings. The molecule has 2 heterocycles. The van der Waals surface area contributed by atoms with Crippen molar-refractivity contribution in [1.29, 1.82) is 0 Å². The molecule has 1 spiro atoms. The van der Waals surface area contributed by atoms with Crippen molar-refractivity contribution in [3.8, 4) is 0 Å². The number of ether oxygens (including phenoxy) is 1. The maximum Gasteiger partial charge on any atom is 0.0569 e. The minimum absolute atomic E-state index is 0.